The van der Waals surface area contributed by atoms with E-state index in [2.05, 4.69) is 27.0 Å². The molecule has 0 fully saturated rings. The largest absolute Gasteiger partial charge is 0.436 e. The van der Waals surface area contributed by atoms with Gasteiger partial charge in [-0.25, -0.2) is 4.98 Å². The van der Waals surface area contributed by atoms with E-state index >= 15 is 0 Å². The molecule has 1 aromatic heterocycles. The van der Waals surface area contributed by atoms with Crippen LogP contribution in [0, 0.1) is 6.07 Å². The first-order valence-corrected chi connectivity index (χ1v) is 5.65. The van der Waals surface area contributed by atoms with Gasteiger partial charge in [-0.3, -0.25) is 0 Å². The van der Waals surface area contributed by atoms with Gasteiger partial charge in [0, 0.05) is 10.0 Å². The zero-order valence-electron chi connectivity index (χ0n) is 8.27. The maximum Gasteiger partial charge on any atom is 0.227 e. The molecule has 3 heteroatoms. The zero-order chi connectivity index (χ0) is 11.0. The summed E-state index contributed by atoms with van der Waals surface area (Å²) in [5, 5.41) is 0. The van der Waals surface area contributed by atoms with Crippen molar-refractivity contribution in [2.75, 3.05) is 0 Å². The van der Waals surface area contributed by atoms with Crippen molar-refractivity contribution in [3.8, 4) is 11.5 Å². The van der Waals surface area contributed by atoms with Crippen LogP contribution >= 0.6 is 15.9 Å². The topological polar surface area (TPSA) is 26.0 Å². The molecule has 0 spiro atoms. The van der Waals surface area contributed by atoms with Gasteiger partial charge in [0.05, 0.1) is 0 Å². The fraction of sp³-hybridized carbons (Fsp3) is 0. The first-order chi connectivity index (χ1) is 7.83. The van der Waals surface area contributed by atoms with Crippen molar-refractivity contribution in [3.05, 3.63) is 53.0 Å². The predicted octanol–water partition coefficient (Wildman–Crippen LogP) is 4.06. The van der Waals surface area contributed by atoms with E-state index in [-0.39, 0.29) is 0 Å². The number of oxazole rings is 1. The number of halogens is 1. The number of benzene rings is 2. The minimum absolute atomic E-state index is 0.630. The van der Waals surface area contributed by atoms with Gasteiger partial charge in [-0.2, -0.15) is 0 Å². The third-order valence-corrected chi connectivity index (χ3v) is 2.80. The van der Waals surface area contributed by atoms with Crippen molar-refractivity contribution in [1.29, 1.82) is 0 Å². The molecule has 1 radical (unpaired) electrons. The average Bonchev–Trinajstić information content (AvgIpc) is 2.73. The highest BCUT2D eigenvalue weighted by atomic mass is 79.9. The van der Waals surface area contributed by atoms with Crippen molar-refractivity contribution >= 4 is 27.0 Å². The molecule has 0 aliphatic heterocycles. The Labute approximate surface area is 101 Å². The maximum atomic E-state index is 5.66. The third-order valence-electron chi connectivity index (χ3n) is 2.30. The standard InChI is InChI=1S/C13H7BrNO/c14-10-6-7-12-11(8-10)15-13(16-12)9-4-2-1-3-5-9/h1-2,4-8H. The minimum Gasteiger partial charge on any atom is -0.436 e. The monoisotopic (exact) mass is 272 g/mol. The molecule has 2 aromatic carbocycles. The second-order valence-corrected chi connectivity index (χ2v) is 4.34. The zero-order valence-corrected chi connectivity index (χ0v) is 9.86. The minimum atomic E-state index is 0.630. The van der Waals surface area contributed by atoms with Crippen molar-refractivity contribution in [1.82, 2.24) is 4.98 Å². The van der Waals surface area contributed by atoms with Gasteiger partial charge < -0.3 is 4.42 Å². The summed E-state index contributed by atoms with van der Waals surface area (Å²) >= 11 is 3.41. The molecule has 0 aliphatic rings. The Kier molecular flexibility index (Phi) is 2.26. The van der Waals surface area contributed by atoms with Gasteiger partial charge in [-0.05, 0) is 36.4 Å². The van der Waals surface area contributed by atoms with Crippen molar-refractivity contribution in [3.63, 3.8) is 0 Å². The summed E-state index contributed by atoms with van der Waals surface area (Å²) in [6.45, 7) is 0. The van der Waals surface area contributed by atoms with Gasteiger partial charge in [0.15, 0.2) is 5.58 Å². The van der Waals surface area contributed by atoms with Crippen LogP contribution in [-0.2, 0) is 0 Å². The Morgan fingerprint density at radius 2 is 2.19 bits per heavy atom. The quantitative estimate of drug-likeness (QED) is 0.668. The van der Waals surface area contributed by atoms with Crippen LogP contribution in [0.25, 0.3) is 22.6 Å². The van der Waals surface area contributed by atoms with Gasteiger partial charge >= 0.3 is 0 Å². The molecule has 0 unspecified atom stereocenters. The number of hydrogen-bond acceptors (Lipinski definition) is 2. The lowest BCUT2D eigenvalue weighted by molar-refractivity contribution is 0.620. The molecule has 16 heavy (non-hydrogen) atoms. The Morgan fingerprint density at radius 3 is 3.00 bits per heavy atom. The Balaban J connectivity index is 2.19. The summed E-state index contributed by atoms with van der Waals surface area (Å²) in [4.78, 5) is 4.43. The summed E-state index contributed by atoms with van der Waals surface area (Å²) in [6.07, 6.45) is 0. The number of fused-ring (bicyclic) bond motifs is 1. The molecule has 0 bridgehead atoms. The van der Waals surface area contributed by atoms with E-state index in [1.165, 1.54) is 0 Å². The lowest BCUT2D eigenvalue weighted by Gasteiger charge is -1.91. The molecule has 0 amide bonds. The van der Waals surface area contributed by atoms with Gasteiger partial charge in [0.2, 0.25) is 5.89 Å². The van der Waals surface area contributed by atoms with Crippen molar-refractivity contribution in [2.24, 2.45) is 0 Å². The Hall–Kier alpha value is -1.61. The number of rotatable bonds is 1. The molecule has 0 aliphatic carbocycles. The highest BCUT2D eigenvalue weighted by Gasteiger charge is 2.07. The second kappa shape index (κ2) is 3.76. The molecule has 3 aromatic rings. The van der Waals surface area contributed by atoms with E-state index in [1.807, 2.05) is 42.5 Å². The molecule has 2 nitrogen and oxygen atoms in total. The molecule has 0 saturated heterocycles. The lowest BCUT2D eigenvalue weighted by atomic mass is 10.2. The molecule has 0 saturated carbocycles. The van der Waals surface area contributed by atoms with Crippen LogP contribution in [-0.4, -0.2) is 4.98 Å². The summed E-state index contributed by atoms with van der Waals surface area (Å²) in [7, 11) is 0. The van der Waals surface area contributed by atoms with Crippen LogP contribution in [0.2, 0.25) is 0 Å². The van der Waals surface area contributed by atoms with Crippen LogP contribution < -0.4 is 0 Å². The summed E-state index contributed by atoms with van der Waals surface area (Å²) in [5.41, 5.74) is 2.59. The normalized spacial score (nSPS) is 10.8. The highest BCUT2D eigenvalue weighted by molar-refractivity contribution is 9.10. The van der Waals surface area contributed by atoms with Gasteiger partial charge in [-0.1, -0.05) is 28.1 Å². The molecule has 77 valence electrons. The van der Waals surface area contributed by atoms with E-state index < -0.39 is 0 Å². The van der Waals surface area contributed by atoms with Crippen LogP contribution in [0.5, 0.6) is 0 Å². The van der Waals surface area contributed by atoms with E-state index in [0.29, 0.717) is 5.89 Å². The maximum absolute atomic E-state index is 5.66. The van der Waals surface area contributed by atoms with Crippen LogP contribution in [0.4, 0.5) is 0 Å². The van der Waals surface area contributed by atoms with Gasteiger partial charge in [-0.15, -0.1) is 0 Å². The fourth-order valence-corrected chi connectivity index (χ4v) is 1.90. The highest BCUT2D eigenvalue weighted by Crippen LogP contribution is 2.25. The molecular formula is C13H7BrNO. The Morgan fingerprint density at radius 1 is 1.25 bits per heavy atom. The number of hydrogen-bond donors (Lipinski definition) is 0. The summed E-state index contributed by atoms with van der Waals surface area (Å²) in [6, 6.07) is 16.4. The van der Waals surface area contributed by atoms with Gasteiger partial charge in [0.1, 0.15) is 5.52 Å². The van der Waals surface area contributed by atoms with Crippen molar-refractivity contribution in [2.45, 2.75) is 0 Å². The first kappa shape index (κ1) is 9.60. The van der Waals surface area contributed by atoms with Crippen LogP contribution in [0.1, 0.15) is 0 Å². The SMILES string of the molecule is Brc1ccc2oc(-c3c[c]ccc3)nc2c1. The molecule has 0 atom stereocenters. The molecular weight excluding hydrogens is 266 g/mol. The smallest absolute Gasteiger partial charge is 0.227 e. The first-order valence-electron chi connectivity index (χ1n) is 4.85. The molecule has 1 heterocycles. The Bertz CT molecular complexity index is 631. The fourth-order valence-electron chi connectivity index (χ4n) is 1.55. The second-order valence-electron chi connectivity index (χ2n) is 3.42. The third kappa shape index (κ3) is 1.63. The van der Waals surface area contributed by atoms with E-state index in [0.717, 1.165) is 21.1 Å². The van der Waals surface area contributed by atoms with Gasteiger partial charge in [0.25, 0.3) is 0 Å². The van der Waals surface area contributed by atoms with Crippen LogP contribution in [0.15, 0.2) is 51.4 Å². The van der Waals surface area contributed by atoms with E-state index in [4.69, 9.17) is 4.42 Å². The lowest BCUT2D eigenvalue weighted by Crippen LogP contribution is -1.74. The van der Waals surface area contributed by atoms with E-state index in [1.54, 1.807) is 0 Å². The van der Waals surface area contributed by atoms with Crippen molar-refractivity contribution < 1.29 is 4.42 Å². The van der Waals surface area contributed by atoms with Crippen LogP contribution in [0.3, 0.4) is 0 Å². The number of aromatic nitrogens is 1. The summed E-state index contributed by atoms with van der Waals surface area (Å²) in [5.74, 6) is 0.630. The average molecular weight is 273 g/mol. The predicted molar refractivity (Wildman–Crippen MR) is 66.0 cm³/mol. The molecule has 3 rings (SSSR count). The van der Waals surface area contributed by atoms with E-state index in [9.17, 15) is 0 Å². The molecule has 0 N–H and O–H groups in total. The number of nitrogens with zero attached hydrogens (tertiary/aromatic N) is 1. The summed E-state index contributed by atoms with van der Waals surface area (Å²) < 4.78 is 6.66.